The molecule has 1 rings (SSSR count). The molecule has 0 saturated carbocycles. The summed E-state index contributed by atoms with van der Waals surface area (Å²) in [6.07, 6.45) is 5.31. The first-order valence-electron chi connectivity index (χ1n) is 13.1. The van der Waals surface area contributed by atoms with Gasteiger partial charge in [0.1, 0.15) is 0 Å². The summed E-state index contributed by atoms with van der Waals surface area (Å²) >= 11 is 0. The van der Waals surface area contributed by atoms with E-state index in [1.54, 1.807) is 24.3 Å². The summed E-state index contributed by atoms with van der Waals surface area (Å²) < 4.78 is 27.9. The number of carbonyl (C=O) groups is 2. The Balaban J connectivity index is 3.11. The maximum absolute atomic E-state index is 13.4. The summed E-state index contributed by atoms with van der Waals surface area (Å²) in [5.41, 5.74) is 11.9. The largest absolute Gasteiger partial charge is 0.358 e. The molecule has 0 aliphatic rings. The van der Waals surface area contributed by atoms with Crippen molar-refractivity contribution in [3.63, 3.8) is 0 Å². The van der Waals surface area contributed by atoms with Gasteiger partial charge in [0.2, 0.25) is 21.8 Å². The number of nitrogens with zero attached hydrogens (tertiary/aromatic N) is 1. The summed E-state index contributed by atoms with van der Waals surface area (Å²) in [5.74, 6) is -0.507. The van der Waals surface area contributed by atoms with Crippen LogP contribution in [0.1, 0.15) is 64.4 Å². The predicted octanol–water partition coefficient (Wildman–Crippen LogP) is 1.97. The second kappa shape index (κ2) is 17.4. The molecule has 10 heteroatoms. The first-order chi connectivity index (χ1) is 17.1. The van der Waals surface area contributed by atoms with Gasteiger partial charge in [0.05, 0.1) is 12.3 Å². The van der Waals surface area contributed by atoms with Crippen molar-refractivity contribution in [2.75, 3.05) is 33.2 Å². The van der Waals surface area contributed by atoms with E-state index in [0.717, 1.165) is 38.5 Å². The van der Waals surface area contributed by atoms with Crippen molar-refractivity contribution in [3.05, 3.63) is 35.9 Å². The SMILES string of the molecule is CNC(=O)CN(CC(CCCCN)NC(=O)C(CCCCN)CC(C)C)S(=O)(=O)Cc1ccccc1. The van der Waals surface area contributed by atoms with Crippen molar-refractivity contribution in [2.24, 2.45) is 23.3 Å². The van der Waals surface area contributed by atoms with E-state index in [9.17, 15) is 18.0 Å². The molecule has 0 fully saturated rings. The van der Waals surface area contributed by atoms with Gasteiger partial charge in [0.25, 0.3) is 0 Å². The quantitative estimate of drug-likeness (QED) is 0.203. The van der Waals surface area contributed by atoms with Gasteiger partial charge in [-0.25, -0.2) is 8.42 Å². The normalized spacial score (nSPS) is 13.5. The Morgan fingerprint density at radius 3 is 2.14 bits per heavy atom. The van der Waals surface area contributed by atoms with Crippen LogP contribution in [-0.4, -0.2) is 63.8 Å². The fraction of sp³-hybridized carbons (Fsp3) is 0.692. The number of hydrogen-bond donors (Lipinski definition) is 4. The highest BCUT2D eigenvalue weighted by Crippen LogP contribution is 2.20. The molecule has 0 aromatic heterocycles. The standard InChI is InChI=1S/C26H47N5O4S/c1-21(2)17-23(13-7-9-15-27)26(33)30-24(14-8-10-16-28)18-31(19-25(32)29-3)36(34,35)20-22-11-5-4-6-12-22/h4-6,11-12,21,23-24H,7-10,13-20,27-28H2,1-3H3,(H,29,32)(H,30,33). The number of sulfonamides is 1. The second-order valence-electron chi connectivity index (χ2n) is 9.81. The van der Waals surface area contributed by atoms with Crippen LogP contribution >= 0.6 is 0 Å². The van der Waals surface area contributed by atoms with E-state index in [-0.39, 0.29) is 30.7 Å². The molecule has 0 heterocycles. The topological polar surface area (TPSA) is 148 Å². The van der Waals surface area contributed by atoms with Gasteiger partial charge in [-0.3, -0.25) is 9.59 Å². The van der Waals surface area contributed by atoms with Crippen LogP contribution in [0.5, 0.6) is 0 Å². The maximum Gasteiger partial charge on any atom is 0.235 e. The van der Waals surface area contributed by atoms with Crippen molar-refractivity contribution in [3.8, 4) is 0 Å². The van der Waals surface area contributed by atoms with E-state index in [1.807, 2.05) is 6.07 Å². The van der Waals surface area contributed by atoms with Crippen molar-refractivity contribution in [2.45, 2.75) is 70.6 Å². The number of rotatable bonds is 19. The molecule has 0 bridgehead atoms. The zero-order valence-electron chi connectivity index (χ0n) is 22.2. The number of nitrogens with two attached hydrogens (primary N) is 2. The number of carbonyl (C=O) groups excluding carboxylic acids is 2. The van der Waals surface area contributed by atoms with Crippen molar-refractivity contribution in [1.82, 2.24) is 14.9 Å². The number of benzene rings is 1. The first-order valence-corrected chi connectivity index (χ1v) is 14.7. The fourth-order valence-electron chi connectivity index (χ4n) is 4.16. The van der Waals surface area contributed by atoms with Gasteiger partial charge in [-0.2, -0.15) is 4.31 Å². The number of nitrogens with one attached hydrogen (secondary N) is 2. The van der Waals surface area contributed by atoms with Gasteiger partial charge in [0.15, 0.2) is 0 Å². The molecule has 2 unspecified atom stereocenters. The Hall–Kier alpha value is -2.01. The number of likely N-dealkylation sites (N-methyl/N-ethyl adjacent to an activating group) is 1. The average Bonchev–Trinajstić information content (AvgIpc) is 2.83. The lowest BCUT2D eigenvalue weighted by Crippen LogP contribution is -2.50. The molecule has 2 atom stereocenters. The lowest BCUT2D eigenvalue weighted by Gasteiger charge is -2.29. The minimum atomic E-state index is -3.82. The Morgan fingerprint density at radius 1 is 0.972 bits per heavy atom. The van der Waals surface area contributed by atoms with E-state index in [2.05, 4.69) is 24.5 Å². The molecule has 0 radical (unpaired) electrons. The van der Waals surface area contributed by atoms with Gasteiger partial charge in [-0.1, -0.05) is 57.0 Å². The molecule has 206 valence electrons. The molecule has 2 amide bonds. The molecule has 9 nitrogen and oxygen atoms in total. The average molecular weight is 526 g/mol. The van der Waals surface area contributed by atoms with Crippen molar-refractivity contribution < 1.29 is 18.0 Å². The van der Waals surface area contributed by atoms with Gasteiger partial charge in [-0.05, 0) is 56.7 Å². The lowest BCUT2D eigenvalue weighted by molar-refractivity contribution is -0.126. The molecular weight excluding hydrogens is 478 g/mol. The second-order valence-corrected chi connectivity index (χ2v) is 11.8. The van der Waals surface area contributed by atoms with Crippen molar-refractivity contribution in [1.29, 1.82) is 0 Å². The summed E-state index contributed by atoms with van der Waals surface area (Å²) in [6.45, 7) is 5.00. The minimum absolute atomic E-state index is 0.0239. The zero-order chi connectivity index (χ0) is 27.0. The highest BCUT2D eigenvalue weighted by molar-refractivity contribution is 7.88. The minimum Gasteiger partial charge on any atom is -0.358 e. The van der Waals surface area contributed by atoms with Gasteiger partial charge in [0, 0.05) is 25.6 Å². The third kappa shape index (κ3) is 12.8. The van der Waals surface area contributed by atoms with E-state index in [4.69, 9.17) is 11.5 Å². The molecule has 0 saturated heterocycles. The zero-order valence-corrected chi connectivity index (χ0v) is 23.1. The van der Waals surface area contributed by atoms with Crippen LogP contribution in [0.2, 0.25) is 0 Å². The molecule has 36 heavy (non-hydrogen) atoms. The van der Waals surface area contributed by atoms with Gasteiger partial charge in [-0.15, -0.1) is 0 Å². The predicted molar refractivity (Wildman–Crippen MR) is 145 cm³/mol. The Bertz CT molecular complexity index is 864. The van der Waals surface area contributed by atoms with Crippen molar-refractivity contribution >= 4 is 21.8 Å². The first kappa shape index (κ1) is 32.0. The molecular formula is C26H47N5O4S. The summed E-state index contributed by atoms with van der Waals surface area (Å²) in [4.78, 5) is 25.5. The Kier molecular flexibility index (Phi) is 15.5. The van der Waals surface area contributed by atoms with E-state index in [1.165, 1.54) is 11.4 Å². The molecule has 0 aliphatic carbocycles. The molecule has 0 aliphatic heterocycles. The van der Waals surface area contributed by atoms with Crippen LogP contribution in [0.15, 0.2) is 30.3 Å². The summed E-state index contributed by atoms with van der Waals surface area (Å²) in [6, 6.07) is 8.44. The van der Waals surface area contributed by atoms with Crippen LogP contribution in [0.25, 0.3) is 0 Å². The third-order valence-corrected chi connectivity index (χ3v) is 7.86. The lowest BCUT2D eigenvalue weighted by atomic mass is 9.91. The van der Waals surface area contributed by atoms with E-state index < -0.39 is 22.0 Å². The number of amides is 2. The Labute approximate surface area is 217 Å². The van der Waals surface area contributed by atoms with Crippen LogP contribution in [-0.2, 0) is 25.4 Å². The number of hydrogen-bond acceptors (Lipinski definition) is 6. The highest BCUT2D eigenvalue weighted by Gasteiger charge is 2.29. The van der Waals surface area contributed by atoms with Gasteiger partial charge >= 0.3 is 0 Å². The highest BCUT2D eigenvalue weighted by atomic mass is 32.2. The van der Waals surface area contributed by atoms with Crippen LogP contribution in [0, 0.1) is 11.8 Å². The van der Waals surface area contributed by atoms with E-state index >= 15 is 0 Å². The maximum atomic E-state index is 13.4. The molecule has 0 spiro atoms. The van der Waals surface area contributed by atoms with Crippen LogP contribution < -0.4 is 22.1 Å². The molecule has 1 aromatic carbocycles. The molecule has 6 N–H and O–H groups in total. The monoisotopic (exact) mass is 525 g/mol. The summed E-state index contributed by atoms with van der Waals surface area (Å²) in [5, 5.41) is 5.62. The van der Waals surface area contributed by atoms with Gasteiger partial charge < -0.3 is 22.1 Å². The Morgan fingerprint density at radius 2 is 1.58 bits per heavy atom. The van der Waals surface area contributed by atoms with Crippen LogP contribution in [0.4, 0.5) is 0 Å². The number of unbranched alkanes of at least 4 members (excludes halogenated alkanes) is 2. The van der Waals surface area contributed by atoms with Crippen LogP contribution in [0.3, 0.4) is 0 Å². The smallest absolute Gasteiger partial charge is 0.235 e. The summed E-state index contributed by atoms with van der Waals surface area (Å²) in [7, 11) is -2.34. The third-order valence-electron chi connectivity index (χ3n) is 6.09. The molecule has 1 aromatic rings. The fourth-order valence-corrected chi connectivity index (χ4v) is 5.68. The van der Waals surface area contributed by atoms with E-state index in [0.29, 0.717) is 31.0 Å².